The van der Waals surface area contributed by atoms with Gasteiger partial charge in [0.25, 0.3) is 0 Å². The van der Waals surface area contributed by atoms with E-state index in [-0.39, 0.29) is 5.15 Å². The number of anilines is 1. The minimum Gasteiger partial charge on any atom is -0.396 e. The molecule has 0 bridgehead atoms. The molecule has 0 radical (unpaired) electrons. The lowest BCUT2D eigenvalue weighted by Crippen LogP contribution is -2.18. The fraction of sp³-hybridized carbons (Fsp3) is 0.600. The fourth-order valence-corrected chi connectivity index (χ4v) is 1.87. The number of aromatic nitrogens is 2. The molecule has 0 spiro atoms. The highest BCUT2D eigenvalue weighted by Gasteiger charge is 2.15. The standard InChI is InChI=1S/C10H14ClN3O/c11-10-9(12)6-8(13-14-10)5-7-1-3-15-4-2-7/h6-7H,1-5H2,(H2,12,13). The van der Waals surface area contributed by atoms with Crippen molar-refractivity contribution in [2.75, 3.05) is 18.9 Å². The smallest absolute Gasteiger partial charge is 0.174 e. The zero-order valence-corrected chi connectivity index (χ0v) is 9.20. The molecule has 0 aliphatic carbocycles. The van der Waals surface area contributed by atoms with Crippen molar-refractivity contribution in [3.8, 4) is 0 Å². The Labute approximate surface area is 93.8 Å². The summed E-state index contributed by atoms with van der Waals surface area (Å²) in [6, 6.07) is 1.81. The largest absolute Gasteiger partial charge is 0.396 e. The second-order valence-electron chi connectivity index (χ2n) is 3.84. The molecule has 1 saturated heterocycles. The van der Waals surface area contributed by atoms with Crippen LogP contribution in [0.2, 0.25) is 5.15 Å². The van der Waals surface area contributed by atoms with Gasteiger partial charge >= 0.3 is 0 Å². The van der Waals surface area contributed by atoms with Crippen LogP contribution in [0.3, 0.4) is 0 Å². The van der Waals surface area contributed by atoms with Crippen LogP contribution in [0.5, 0.6) is 0 Å². The first kappa shape index (κ1) is 10.6. The fourth-order valence-electron chi connectivity index (χ4n) is 1.78. The molecule has 15 heavy (non-hydrogen) atoms. The normalized spacial score (nSPS) is 17.9. The highest BCUT2D eigenvalue weighted by molar-refractivity contribution is 6.31. The number of nitrogens with two attached hydrogens (primary N) is 1. The van der Waals surface area contributed by atoms with Gasteiger partial charge in [0.15, 0.2) is 5.15 Å². The summed E-state index contributed by atoms with van der Waals surface area (Å²) < 4.78 is 5.30. The third kappa shape index (κ3) is 2.79. The van der Waals surface area contributed by atoms with Crippen LogP contribution in [-0.2, 0) is 11.2 Å². The number of hydrogen-bond donors (Lipinski definition) is 1. The molecule has 1 aromatic rings. The Bertz CT molecular complexity index is 339. The van der Waals surface area contributed by atoms with E-state index >= 15 is 0 Å². The SMILES string of the molecule is Nc1cc(CC2CCOCC2)nnc1Cl. The topological polar surface area (TPSA) is 61.0 Å². The van der Waals surface area contributed by atoms with Gasteiger partial charge in [-0.1, -0.05) is 11.6 Å². The summed E-state index contributed by atoms with van der Waals surface area (Å²) in [4.78, 5) is 0. The Kier molecular flexibility index (Phi) is 3.38. The molecule has 5 heteroatoms. The van der Waals surface area contributed by atoms with Crippen LogP contribution in [0, 0.1) is 5.92 Å². The number of hydrogen-bond acceptors (Lipinski definition) is 4. The van der Waals surface area contributed by atoms with Gasteiger partial charge in [0.2, 0.25) is 0 Å². The molecule has 1 fully saturated rings. The van der Waals surface area contributed by atoms with Crippen LogP contribution in [0.25, 0.3) is 0 Å². The van der Waals surface area contributed by atoms with Gasteiger partial charge < -0.3 is 10.5 Å². The zero-order valence-electron chi connectivity index (χ0n) is 8.45. The van der Waals surface area contributed by atoms with Crippen molar-refractivity contribution in [1.29, 1.82) is 0 Å². The molecule has 2 rings (SSSR count). The van der Waals surface area contributed by atoms with E-state index in [1.165, 1.54) is 0 Å². The Morgan fingerprint density at radius 2 is 2.13 bits per heavy atom. The lowest BCUT2D eigenvalue weighted by molar-refractivity contribution is 0.0662. The van der Waals surface area contributed by atoms with E-state index in [1.807, 2.05) is 6.07 Å². The van der Waals surface area contributed by atoms with Gasteiger partial charge in [-0.05, 0) is 31.2 Å². The number of halogens is 1. The average molecular weight is 228 g/mol. The molecule has 0 atom stereocenters. The minimum atomic E-state index is 0.283. The van der Waals surface area contributed by atoms with Crippen molar-refractivity contribution in [3.05, 3.63) is 16.9 Å². The molecule has 1 aliphatic heterocycles. The van der Waals surface area contributed by atoms with E-state index in [1.54, 1.807) is 0 Å². The van der Waals surface area contributed by atoms with Gasteiger partial charge in [-0.3, -0.25) is 0 Å². The first-order chi connectivity index (χ1) is 7.25. The number of nitrogen functional groups attached to an aromatic ring is 1. The van der Waals surface area contributed by atoms with Crippen molar-refractivity contribution in [2.24, 2.45) is 5.92 Å². The highest BCUT2D eigenvalue weighted by atomic mass is 35.5. The van der Waals surface area contributed by atoms with E-state index in [0.717, 1.165) is 38.2 Å². The molecule has 82 valence electrons. The average Bonchev–Trinajstić information content (AvgIpc) is 2.25. The monoisotopic (exact) mass is 227 g/mol. The van der Waals surface area contributed by atoms with Crippen molar-refractivity contribution in [1.82, 2.24) is 10.2 Å². The predicted molar refractivity (Wildman–Crippen MR) is 58.7 cm³/mol. The predicted octanol–water partition coefficient (Wildman–Crippen LogP) is 1.68. The van der Waals surface area contributed by atoms with Crippen LogP contribution in [0.1, 0.15) is 18.5 Å². The summed E-state index contributed by atoms with van der Waals surface area (Å²) in [5.74, 6) is 0.633. The first-order valence-corrected chi connectivity index (χ1v) is 5.49. The Morgan fingerprint density at radius 1 is 1.40 bits per heavy atom. The van der Waals surface area contributed by atoms with E-state index in [4.69, 9.17) is 22.1 Å². The van der Waals surface area contributed by atoms with Crippen LogP contribution < -0.4 is 5.73 Å². The van der Waals surface area contributed by atoms with Crippen molar-refractivity contribution in [2.45, 2.75) is 19.3 Å². The van der Waals surface area contributed by atoms with Crippen LogP contribution in [0.15, 0.2) is 6.07 Å². The quantitative estimate of drug-likeness (QED) is 0.835. The lowest BCUT2D eigenvalue weighted by Gasteiger charge is -2.21. The molecule has 0 aromatic carbocycles. The molecular formula is C10H14ClN3O. The van der Waals surface area contributed by atoms with Gasteiger partial charge in [-0.2, -0.15) is 5.10 Å². The van der Waals surface area contributed by atoms with E-state index in [9.17, 15) is 0 Å². The second-order valence-corrected chi connectivity index (χ2v) is 4.20. The molecule has 4 nitrogen and oxygen atoms in total. The maximum Gasteiger partial charge on any atom is 0.174 e. The number of ether oxygens (including phenoxy) is 1. The highest BCUT2D eigenvalue weighted by Crippen LogP contribution is 2.21. The third-order valence-electron chi connectivity index (χ3n) is 2.67. The van der Waals surface area contributed by atoms with Gasteiger partial charge in [-0.15, -0.1) is 5.10 Å². The minimum absolute atomic E-state index is 0.283. The molecule has 2 heterocycles. The van der Waals surface area contributed by atoms with Gasteiger partial charge in [0.05, 0.1) is 11.4 Å². The van der Waals surface area contributed by atoms with Gasteiger partial charge in [-0.25, -0.2) is 0 Å². The molecule has 1 aromatic heterocycles. The zero-order chi connectivity index (χ0) is 10.7. The van der Waals surface area contributed by atoms with Crippen LogP contribution >= 0.6 is 11.6 Å². The summed E-state index contributed by atoms with van der Waals surface area (Å²) in [6.07, 6.45) is 3.09. The lowest BCUT2D eigenvalue weighted by atomic mass is 9.95. The third-order valence-corrected chi connectivity index (χ3v) is 2.96. The molecule has 2 N–H and O–H groups in total. The van der Waals surface area contributed by atoms with Crippen molar-refractivity contribution < 1.29 is 4.74 Å². The second kappa shape index (κ2) is 4.77. The van der Waals surface area contributed by atoms with E-state index in [2.05, 4.69) is 10.2 Å². The molecular weight excluding hydrogens is 214 g/mol. The Balaban J connectivity index is 2.00. The summed E-state index contributed by atoms with van der Waals surface area (Å²) >= 11 is 5.70. The molecule has 0 saturated carbocycles. The van der Waals surface area contributed by atoms with Crippen LogP contribution in [0.4, 0.5) is 5.69 Å². The summed E-state index contributed by atoms with van der Waals surface area (Å²) in [5, 5.41) is 8.12. The van der Waals surface area contributed by atoms with Crippen molar-refractivity contribution >= 4 is 17.3 Å². The molecule has 0 unspecified atom stereocenters. The Morgan fingerprint density at radius 3 is 2.80 bits per heavy atom. The molecule has 1 aliphatic rings. The molecule has 0 amide bonds. The van der Waals surface area contributed by atoms with Gasteiger partial charge in [0.1, 0.15) is 0 Å². The first-order valence-electron chi connectivity index (χ1n) is 5.11. The Hall–Kier alpha value is -0.870. The summed E-state index contributed by atoms with van der Waals surface area (Å²) in [7, 11) is 0. The van der Waals surface area contributed by atoms with E-state index < -0.39 is 0 Å². The maximum atomic E-state index is 5.70. The van der Waals surface area contributed by atoms with Gasteiger partial charge in [0, 0.05) is 13.2 Å². The van der Waals surface area contributed by atoms with E-state index in [0.29, 0.717) is 11.6 Å². The number of nitrogens with zero attached hydrogens (tertiary/aromatic N) is 2. The van der Waals surface area contributed by atoms with Crippen LogP contribution in [-0.4, -0.2) is 23.4 Å². The summed E-state index contributed by atoms with van der Waals surface area (Å²) in [6.45, 7) is 1.70. The maximum absolute atomic E-state index is 5.70. The summed E-state index contributed by atoms with van der Waals surface area (Å²) in [5.41, 5.74) is 7.09. The number of rotatable bonds is 2. The van der Waals surface area contributed by atoms with Crippen molar-refractivity contribution in [3.63, 3.8) is 0 Å².